The SMILES string of the molecule is COc1ccc(CNc2nccn3c(C4CCCNC4=S)nc(-c4ccc(C(=O)O)c(C)c4)c23)c(OC)c1. The van der Waals surface area contributed by atoms with E-state index >= 15 is 0 Å². The quantitative estimate of drug-likeness (QED) is 0.276. The Hall–Kier alpha value is -4.18. The number of hydrogen-bond donors (Lipinski definition) is 3. The van der Waals surface area contributed by atoms with E-state index in [1.807, 2.05) is 34.9 Å². The minimum Gasteiger partial charge on any atom is -0.497 e. The van der Waals surface area contributed by atoms with Crippen molar-refractivity contribution in [2.24, 2.45) is 0 Å². The molecule has 1 fully saturated rings. The van der Waals surface area contributed by atoms with Crippen molar-refractivity contribution in [1.82, 2.24) is 19.7 Å². The Balaban J connectivity index is 1.62. The lowest BCUT2D eigenvalue weighted by atomic mass is 9.99. The Kier molecular flexibility index (Phi) is 7.15. The highest BCUT2D eigenvalue weighted by Gasteiger charge is 2.28. The van der Waals surface area contributed by atoms with Gasteiger partial charge < -0.3 is 25.2 Å². The number of anilines is 1. The van der Waals surface area contributed by atoms with E-state index < -0.39 is 5.97 Å². The van der Waals surface area contributed by atoms with Gasteiger partial charge in [-0.1, -0.05) is 18.3 Å². The van der Waals surface area contributed by atoms with Gasteiger partial charge in [-0.05, 0) is 49.6 Å². The van der Waals surface area contributed by atoms with E-state index in [1.165, 1.54) is 0 Å². The fourth-order valence-electron chi connectivity index (χ4n) is 4.89. The molecule has 2 aromatic carbocycles. The number of imidazole rings is 1. The molecule has 0 bridgehead atoms. The number of carbonyl (C=O) groups is 1. The monoisotopic (exact) mass is 531 g/mol. The molecule has 0 amide bonds. The van der Waals surface area contributed by atoms with Gasteiger partial charge in [0, 0.05) is 42.7 Å². The number of aromatic carboxylic acids is 1. The number of methoxy groups -OCH3 is 2. The molecule has 2 aromatic heterocycles. The van der Waals surface area contributed by atoms with Crippen LogP contribution in [0.4, 0.5) is 5.82 Å². The second-order valence-electron chi connectivity index (χ2n) is 9.17. The Morgan fingerprint density at radius 1 is 1.24 bits per heavy atom. The van der Waals surface area contributed by atoms with Crippen molar-refractivity contribution in [3.8, 4) is 22.8 Å². The molecular formula is C28H29N5O4S. The summed E-state index contributed by atoms with van der Waals surface area (Å²) in [6.07, 6.45) is 5.54. The maximum atomic E-state index is 11.6. The number of piperidine rings is 1. The van der Waals surface area contributed by atoms with E-state index in [2.05, 4.69) is 15.6 Å². The third kappa shape index (κ3) is 4.74. The van der Waals surface area contributed by atoms with Gasteiger partial charge in [0.15, 0.2) is 5.82 Å². The zero-order valence-corrected chi connectivity index (χ0v) is 22.3. The summed E-state index contributed by atoms with van der Waals surface area (Å²) in [4.78, 5) is 22.1. The van der Waals surface area contributed by atoms with Crippen LogP contribution in [0.3, 0.4) is 0 Å². The lowest BCUT2D eigenvalue weighted by molar-refractivity contribution is 0.0696. The highest BCUT2D eigenvalue weighted by atomic mass is 32.1. The van der Waals surface area contributed by atoms with Gasteiger partial charge in [-0.2, -0.15) is 0 Å². The maximum Gasteiger partial charge on any atom is 0.335 e. The van der Waals surface area contributed by atoms with Crippen LogP contribution in [0.25, 0.3) is 16.8 Å². The maximum absolute atomic E-state index is 11.6. The molecule has 5 rings (SSSR count). The Labute approximate surface area is 225 Å². The van der Waals surface area contributed by atoms with E-state index in [-0.39, 0.29) is 11.5 Å². The Bertz CT molecular complexity index is 1530. The van der Waals surface area contributed by atoms with Gasteiger partial charge in [-0.25, -0.2) is 14.8 Å². The van der Waals surface area contributed by atoms with Gasteiger partial charge in [-0.15, -0.1) is 0 Å². The molecule has 0 radical (unpaired) electrons. The predicted molar refractivity (Wildman–Crippen MR) is 150 cm³/mol. The van der Waals surface area contributed by atoms with Crippen LogP contribution < -0.4 is 20.1 Å². The first kappa shape index (κ1) is 25.5. The first-order chi connectivity index (χ1) is 18.4. The fraction of sp³-hybridized carbons (Fsp3) is 0.286. The molecular weight excluding hydrogens is 502 g/mol. The largest absolute Gasteiger partial charge is 0.497 e. The lowest BCUT2D eigenvalue weighted by Gasteiger charge is -2.23. The molecule has 0 aliphatic carbocycles. The first-order valence-corrected chi connectivity index (χ1v) is 12.8. The molecule has 3 heterocycles. The number of carboxylic acids is 1. The molecule has 38 heavy (non-hydrogen) atoms. The lowest BCUT2D eigenvalue weighted by Crippen LogP contribution is -2.34. The molecule has 0 spiro atoms. The molecule has 1 atom stereocenters. The summed E-state index contributed by atoms with van der Waals surface area (Å²) in [5.41, 5.74) is 4.19. The third-order valence-corrected chi connectivity index (χ3v) is 7.28. The minimum atomic E-state index is -0.958. The number of rotatable bonds is 8. The van der Waals surface area contributed by atoms with Crippen molar-refractivity contribution in [3.63, 3.8) is 0 Å². The van der Waals surface area contributed by atoms with Crippen molar-refractivity contribution < 1.29 is 19.4 Å². The number of ether oxygens (including phenoxy) is 2. The zero-order chi connectivity index (χ0) is 26.8. The number of nitrogens with zero attached hydrogens (tertiary/aromatic N) is 3. The van der Waals surface area contributed by atoms with Gasteiger partial charge in [0.2, 0.25) is 0 Å². The van der Waals surface area contributed by atoms with E-state index in [4.69, 9.17) is 26.7 Å². The van der Waals surface area contributed by atoms with E-state index in [1.54, 1.807) is 39.5 Å². The summed E-state index contributed by atoms with van der Waals surface area (Å²) >= 11 is 5.68. The van der Waals surface area contributed by atoms with Gasteiger partial charge in [-0.3, -0.25) is 4.40 Å². The van der Waals surface area contributed by atoms with Crippen LogP contribution in [0.15, 0.2) is 48.8 Å². The fourth-order valence-corrected chi connectivity index (χ4v) is 5.21. The number of thiocarbonyl (C=S) groups is 1. The molecule has 1 aliphatic rings. The van der Waals surface area contributed by atoms with Crippen LogP contribution >= 0.6 is 12.2 Å². The van der Waals surface area contributed by atoms with Crippen LogP contribution in [-0.2, 0) is 6.54 Å². The predicted octanol–water partition coefficient (Wildman–Crippen LogP) is 4.83. The summed E-state index contributed by atoms with van der Waals surface area (Å²) in [5, 5.41) is 16.3. The number of fused-ring (bicyclic) bond motifs is 1. The molecule has 196 valence electrons. The smallest absolute Gasteiger partial charge is 0.335 e. The van der Waals surface area contributed by atoms with Crippen molar-refractivity contribution in [1.29, 1.82) is 0 Å². The summed E-state index contributed by atoms with van der Waals surface area (Å²) in [6.45, 7) is 3.11. The van der Waals surface area contributed by atoms with Gasteiger partial charge in [0.1, 0.15) is 28.5 Å². The second kappa shape index (κ2) is 10.7. The topological polar surface area (TPSA) is 110 Å². The summed E-state index contributed by atoms with van der Waals surface area (Å²) in [5.74, 6) is 1.91. The van der Waals surface area contributed by atoms with Crippen LogP contribution in [0.5, 0.6) is 11.5 Å². The van der Waals surface area contributed by atoms with Crippen LogP contribution in [0.2, 0.25) is 0 Å². The molecule has 3 N–H and O–H groups in total. The third-order valence-electron chi connectivity index (χ3n) is 6.85. The molecule has 1 unspecified atom stereocenters. The molecule has 10 heteroatoms. The standard InChI is InChI=1S/C28H29N5O4S/c1-16-13-17(7-9-20(16)28(34)35)23-24-25(31-15-18-6-8-19(36-2)14-22(18)37-3)29-11-12-33(24)26(32-23)21-5-4-10-30-27(21)38/h6-9,11-14,21H,4-5,10,15H2,1-3H3,(H,29,31)(H,30,38)(H,34,35). The number of hydrogen-bond acceptors (Lipinski definition) is 7. The van der Waals surface area contributed by atoms with Crippen LogP contribution in [0, 0.1) is 6.92 Å². The highest BCUT2D eigenvalue weighted by molar-refractivity contribution is 7.80. The number of benzene rings is 2. The van der Waals surface area contributed by atoms with Crippen LogP contribution in [-0.4, -0.2) is 51.2 Å². The van der Waals surface area contributed by atoms with Crippen molar-refractivity contribution in [3.05, 3.63) is 71.3 Å². The zero-order valence-electron chi connectivity index (χ0n) is 21.4. The molecule has 1 saturated heterocycles. The molecule has 4 aromatic rings. The first-order valence-electron chi connectivity index (χ1n) is 12.3. The molecule has 0 saturated carbocycles. The van der Waals surface area contributed by atoms with Crippen molar-refractivity contribution >= 4 is 34.5 Å². The van der Waals surface area contributed by atoms with E-state index in [0.29, 0.717) is 35.1 Å². The molecule has 1 aliphatic heterocycles. The van der Waals surface area contributed by atoms with Crippen molar-refractivity contribution in [2.75, 3.05) is 26.1 Å². The van der Waals surface area contributed by atoms with Crippen LogP contribution in [0.1, 0.15) is 46.1 Å². The van der Waals surface area contributed by atoms with Gasteiger partial charge in [0.05, 0.1) is 30.7 Å². The second-order valence-corrected chi connectivity index (χ2v) is 9.60. The summed E-state index contributed by atoms with van der Waals surface area (Å²) in [7, 11) is 3.25. The minimum absolute atomic E-state index is 0.0312. The average molecular weight is 532 g/mol. The van der Waals surface area contributed by atoms with E-state index in [9.17, 15) is 9.90 Å². The molecule has 9 nitrogen and oxygen atoms in total. The van der Waals surface area contributed by atoms with Gasteiger partial charge in [0.25, 0.3) is 0 Å². The number of carboxylic acid groups (broad SMARTS) is 1. The summed E-state index contributed by atoms with van der Waals surface area (Å²) < 4.78 is 12.9. The van der Waals surface area contributed by atoms with Crippen molar-refractivity contribution in [2.45, 2.75) is 32.2 Å². The van der Waals surface area contributed by atoms with E-state index in [0.717, 1.165) is 46.8 Å². The Morgan fingerprint density at radius 2 is 2.08 bits per heavy atom. The highest BCUT2D eigenvalue weighted by Crippen LogP contribution is 2.35. The number of nitrogens with one attached hydrogen (secondary N) is 2. The van der Waals surface area contributed by atoms with Gasteiger partial charge >= 0.3 is 5.97 Å². The average Bonchev–Trinajstić information content (AvgIpc) is 3.32. The number of aromatic nitrogens is 3. The summed E-state index contributed by atoms with van der Waals surface area (Å²) in [6, 6.07) is 11.0. The number of aryl methyl sites for hydroxylation is 1. The Morgan fingerprint density at radius 3 is 2.79 bits per heavy atom. The normalized spacial score (nSPS) is 15.2.